The summed E-state index contributed by atoms with van der Waals surface area (Å²) in [6.07, 6.45) is 1.57. The molecule has 3 heterocycles. The molecule has 61 heavy (non-hydrogen) atoms. The first-order valence-electron chi connectivity index (χ1n) is 18.3. The van der Waals surface area contributed by atoms with E-state index in [1.54, 1.807) is 0 Å². The van der Waals surface area contributed by atoms with Gasteiger partial charge in [0.05, 0.1) is 45.5 Å². The van der Waals surface area contributed by atoms with Gasteiger partial charge in [-0.3, -0.25) is 9.59 Å². The van der Waals surface area contributed by atoms with Crippen molar-refractivity contribution in [3.05, 3.63) is 99.8 Å². The van der Waals surface area contributed by atoms with E-state index in [4.69, 9.17) is 39.8 Å². The van der Waals surface area contributed by atoms with E-state index in [-0.39, 0.29) is 85.4 Å². The largest absolute Gasteiger partial charge is 0.400 e. The van der Waals surface area contributed by atoms with Crippen LogP contribution in [0.1, 0.15) is 46.4 Å². The fraction of sp³-hybridized carbons (Fsp3) is 0.289. The third-order valence-electron chi connectivity index (χ3n) is 9.62. The highest BCUT2D eigenvalue weighted by molar-refractivity contribution is 7.89. The van der Waals surface area contributed by atoms with E-state index < -0.39 is 55.7 Å². The zero-order valence-corrected chi connectivity index (χ0v) is 35.4. The van der Waals surface area contributed by atoms with Crippen molar-refractivity contribution in [1.29, 1.82) is 0 Å². The quantitative estimate of drug-likeness (QED) is 0.101. The maximum absolute atomic E-state index is 13.3. The predicted molar refractivity (Wildman–Crippen MR) is 226 cm³/mol. The molecule has 328 valence electrons. The molecule has 2 aliphatic rings. The van der Waals surface area contributed by atoms with Gasteiger partial charge in [-0.2, -0.15) is 8.61 Å². The zero-order valence-electron chi connectivity index (χ0n) is 32.3. The summed E-state index contributed by atoms with van der Waals surface area (Å²) in [7, 11) is -6.95. The van der Waals surface area contributed by atoms with Gasteiger partial charge in [-0.25, -0.2) is 30.6 Å². The average molecular weight is 928 g/mol. The third kappa shape index (κ3) is 10.9. The SMILES string of the molecule is CO.Nc1cc(C(=O)Nc2ccc(F)c(Cl)c2)cc(S(=O)(=O)N2CCC(O)CC2)c1N.O=C(Nc1ccc(F)c(Cl)c1)c1cc(S(=O)(=O)N2CCC(O)CC2)c2nc[nH]c2c1. The number of anilines is 4. The Labute approximate surface area is 359 Å². The summed E-state index contributed by atoms with van der Waals surface area (Å²) >= 11 is 11.5. The fourth-order valence-corrected chi connectivity index (χ4v) is 9.99. The number of nitrogen functional groups attached to an aromatic ring is 2. The number of rotatable bonds is 8. The number of carbonyl (C=O) groups excluding carboxylic acids is 2. The van der Waals surface area contributed by atoms with Crippen molar-refractivity contribution in [2.45, 2.75) is 47.7 Å². The number of fused-ring (bicyclic) bond motifs is 1. The molecule has 4 aromatic carbocycles. The van der Waals surface area contributed by atoms with Crippen LogP contribution in [0.25, 0.3) is 11.0 Å². The molecule has 2 aliphatic heterocycles. The molecule has 0 saturated carbocycles. The smallest absolute Gasteiger partial charge is 0.255 e. The monoisotopic (exact) mass is 926 g/mol. The van der Waals surface area contributed by atoms with Crippen molar-refractivity contribution in [3.8, 4) is 0 Å². The van der Waals surface area contributed by atoms with Crippen LogP contribution in [0.4, 0.5) is 31.5 Å². The molecule has 5 aromatic rings. The van der Waals surface area contributed by atoms with Crippen molar-refractivity contribution in [2.24, 2.45) is 0 Å². The number of benzene rings is 4. The topological polar surface area (TPSA) is 274 Å². The number of aromatic nitrogens is 2. The molecule has 2 fully saturated rings. The second kappa shape index (κ2) is 19.8. The predicted octanol–water partition coefficient (Wildman–Crippen LogP) is 4.40. The van der Waals surface area contributed by atoms with Gasteiger partial charge >= 0.3 is 0 Å². The minimum absolute atomic E-state index is 0.0345. The molecular weight excluding hydrogens is 886 g/mol. The molecule has 17 nitrogen and oxygen atoms in total. The first kappa shape index (κ1) is 47.1. The van der Waals surface area contributed by atoms with Gasteiger partial charge in [0.1, 0.15) is 26.9 Å². The number of aliphatic hydroxyl groups is 3. The number of nitrogens with zero attached hydrogens (tertiary/aromatic N) is 3. The highest BCUT2D eigenvalue weighted by Gasteiger charge is 2.33. The van der Waals surface area contributed by atoms with E-state index in [0.717, 1.165) is 25.3 Å². The van der Waals surface area contributed by atoms with Gasteiger partial charge < -0.3 is 42.4 Å². The van der Waals surface area contributed by atoms with Crippen molar-refractivity contribution in [3.63, 3.8) is 0 Å². The van der Waals surface area contributed by atoms with Crippen LogP contribution in [0.5, 0.6) is 0 Å². The third-order valence-corrected chi connectivity index (χ3v) is 14.1. The van der Waals surface area contributed by atoms with Gasteiger partial charge in [0, 0.05) is 55.8 Å². The Morgan fingerprint density at radius 1 is 0.721 bits per heavy atom. The van der Waals surface area contributed by atoms with Gasteiger partial charge in [-0.15, -0.1) is 0 Å². The standard InChI is InChI=1S/C19H18ClFN4O4S.C18H20ClFN4O4S.CH4O/c20-14-9-12(1-2-15(14)21)24-19(27)11-7-16-18(23-10-22-16)17(8-11)30(28,29)25-5-3-13(26)4-6-25;19-13-9-11(1-2-14(13)20)23-18(26)10-7-15(21)17(22)16(8-10)29(27,28)24-5-3-12(25)4-6-24;1-2/h1-2,7-10,13,26H,3-6H2,(H,22,23)(H,24,27);1-2,7-9,12,25H,3-6,21-22H2,(H,23,26);2H,1H3. The number of carbonyl (C=O) groups is 2. The molecule has 2 amide bonds. The summed E-state index contributed by atoms with van der Waals surface area (Å²) in [5, 5.41) is 31.0. The summed E-state index contributed by atoms with van der Waals surface area (Å²) in [4.78, 5) is 31.9. The minimum Gasteiger partial charge on any atom is -0.400 e. The average Bonchev–Trinajstić information content (AvgIpc) is 3.71. The van der Waals surface area contributed by atoms with E-state index in [0.29, 0.717) is 31.2 Å². The number of halogens is 4. The van der Waals surface area contributed by atoms with Gasteiger partial charge in [-0.05, 0) is 86.3 Å². The van der Waals surface area contributed by atoms with Crippen LogP contribution in [0.2, 0.25) is 10.0 Å². The lowest BCUT2D eigenvalue weighted by Gasteiger charge is -2.29. The van der Waals surface area contributed by atoms with E-state index in [1.807, 2.05) is 0 Å². The number of nitrogens with two attached hydrogens (primary N) is 2. The van der Waals surface area contributed by atoms with Crippen LogP contribution in [0, 0.1) is 11.6 Å². The van der Waals surface area contributed by atoms with E-state index in [9.17, 15) is 45.4 Å². The molecule has 23 heteroatoms. The molecule has 0 unspecified atom stereocenters. The first-order valence-corrected chi connectivity index (χ1v) is 22.0. The number of imidazole rings is 1. The molecule has 0 radical (unpaired) electrons. The van der Waals surface area contributed by atoms with Crippen LogP contribution in [-0.2, 0) is 20.0 Å². The number of amides is 2. The van der Waals surface area contributed by atoms with Gasteiger partial charge in [0.15, 0.2) is 0 Å². The second-order valence-corrected chi connectivity index (χ2v) is 18.3. The Morgan fingerprint density at radius 2 is 1.15 bits per heavy atom. The summed E-state index contributed by atoms with van der Waals surface area (Å²) in [5.41, 5.74) is 12.7. The lowest BCUT2D eigenvalue weighted by Crippen LogP contribution is -2.40. The number of sulfonamides is 2. The number of H-pyrrole nitrogens is 1. The Balaban J connectivity index is 0.000000222. The minimum atomic E-state index is -4.01. The zero-order chi connectivity index (χ0) is 44.8. The molecule has 7 rings (SSSR count). The molecular formula is C38H42Cl2F2N8O9S2. The number of hydrogen-bond acceptors (Lipinski definition) is 12. The van der Waals surface area contributed by atoms with Crippen molar-refractivity contribution < 1.29 is 50.5 Å². The number of nitrogens with one attached hydrogen (secondary N) is 3. The second-order valence-electron chi connectivity index (χ2n) is 13.7. The maximum atomic E-state index is 13.3. The van der Waals surface area contributed by atoms with Gasteiger partial charge in [-0.1, -0.05) is 23.2 Å². The summed E-state index contributed by atoms with van der Waals surface area (Å²) < 4.78 is 81.5. The van der Waals surface area contributed by atoms with Gasteiger partial charge in [0.2, 0.25) is 20.0 Å². The molecule has 0 spiro atoms. The Morgan fingerprint density at radius 3 is 1.61 bits per heavy atom. The molecule has 10 N–H and O–H groups in total. The molecule has 1 aromatic heterocycles. The van der Waals surface area contributed by atoms with Crippen LogP contribution in [0.3, 0.4) is 0 Å². The Hall–Kier alpha value is -4.97. The number of hydrogen-bond donors (Lipinski definition) is 8. The highest BCUT2D eigenvalue weighted by atomic mass is 35.5. The summed E-state index contributed by atoms with van der Waals surface area (Å²) in [6.45, 7) is 0.626. The Bertz CT molecular complexity index is 2640. The lowest BCUT2D eigenvalue weighted by molar-refractivity contribution is 0.101. The number of aromatic amines is 1. The van der Waals surface area contributed by atoms with Crippen LogP contribution >= 0.6 is 23.2 Å². The molecule has 0 atom stereocenters. The van der Waals surface area contributed by atoms with E-state index >= 15 is 0 Å². The van der Waals surface area contributed by atoms with E-state index in [1.165, 1.54) is 57.4 Å². The van der Waals surface area contributed by atoms with Crippen LogP contribution in [0.15, 0.2) is 76.8 Å². The van der Waals surface area contributed by atoms with Crippen LogP contribution in [-0.4, -0.2) is 108 Å². The highest BCUT2D eigenvalue weighted by Crippen LogP contribution is 2.32. The number of piperidine rings is 2. The van der Waals surface area contributed by atoms with Crippen molar-refractivity contribution >= 4 is 88.8 Å². The molecule has 0 aliphatic carbocycles. The Kier molecular flexibility index (Phi) is 15.3. The normalized spacial score (nSPS) is 15.6. The number of aliphatic hydroxyl groups excluding tert-OH is 3. The van der Waals surface area contributed by atoms with Crippen molar-refractivity contribution in [1.82, 2.24) is 18.6 Å². The van der Waals surface area contributed by atoms with E-state index in [2.05, 4.69) is 20.6 Å². The first-order chi connectivity index (χ1) is 28.8. The van der Waals surface area contributed by atoms with Gasteiger partial charge in [0.25, 0.3) is 11.8 Å². The summed E-state index contributed by atoms with van der Waals surface area (Å²) in [5.74, 6) is -2.50. The lowest BCUT2D eigenvalue weighted by atomic mass is 10.1. The molecule has 2 saturated heterocycles. The van der Waals surface area contributed by atoms with Crippen LogP contribution < -0.4 is 22.1 Å². The fourth-order valence-electron chi connectivity index (χ4n) is 6.34. The summed E-state index contributed by atoms with van der Waals surface area (Å²) in [6, 6.07) is 12.5. The molecule has 0 bridgehead atoms. The maximum Gasteiger partial charge on any atom is 0.255 e. The van der Waals surface area contributed by atoms with Crippen molar-refractivity contribution in [2.75, 3.05) is 55.4 Å².